The lowest BCUT2D eigenvalue weighted by atomic mass is 10.0. The van der Waals surface area contributed by atoms with Gasteiger partial charge in [0.1, 0.15) is 5.75 Å². The Morgan fingerprint density at radius 2 is 1.50 bits per heavy atom. The fraction of sp³-hybridized carbons (Fsp3) is 0.414. The Kier molecular flexibility index (Phi) is 10.7. The fourth-order valence-electron chi connectivity index (χ4n) is 3.91. The number of hydrogen-bond donors (Lipinski definition) is 0. The lowest BCUT2D eigenvalue weighted by Crippen LogP contribution is -2.08. The van der Waals surface area contributed by atoms with Gasteiger partial charge in [0.25, 0.3) is 0 Å². The predicted molar refractivity (Wildman–Crippen MR) is 142 cm³/mol. The number of benzene rings is 2. The molecule has 0 radical (unpaired) electrons. The second-order valence-electron chi connectivity index (χ2n) is 8.76. The number of halogens is 1. The number of aromatic nitrogens is 2. The van der Waals surface area contributed by atoms with E-state index in [1.807, 2.05) is 42.7 Å². The third-order valence-corrected chi connectivity index (χ3v) is 6.64. The molecule has 0 atom stereocenters. The second-order valence-corrected chi connectivity index (χ2v) is 9.61. The van der Waals surface area contributed by atoms with Crippen LogP contribution in [0.25, 0.3) is 11.4 Å². The van der Waals surface area contributed by atoms with Crippen LogP contribution in [0.4, 0.5) is 0 Å². The normalized spacial score (nSPS) is 10.9. The summed E-state index contributed by atoms with van der Waals surface area (Å²) < 4.78 is 6.55. The van der Waals surface area contributed by atoms with E-state index in [0.717, 1.165) is 34.9 Å². The van der Waals surface area contributed by atoms with Crippen LogP contribution >= 0.6 is 15.9 Å². The summed E-state index contributed by atoms with van der Waals surface area (Å²) in [7, 11) is 0. The summed E-state index contributed by atoms with van der Waals surface area (Å²) in [5, 5.41) is 0. The van der Waals surface area contributed by atoms with Gasteiger partial charge in [-0.1, -0.05) is 80.8 Å². The van der Waals surface area contributed by atoms with Gasteiger partial charge in [-0.05, 0) is 66.8 Å². The molecule has 1 heterocycles. The average molecular weight is 524 g/mol. The molecule has 0 unspecified atom stereocenters. The van der Waals surface area contributed by atoms with Crippen LogP contribution in [-0.2, 0) is 12.8 Å². The standard InChI is InChI=1S/C29H35BrN2O2/c1-3-5-6-7-8-9-10-12-23-13-14-25(19-27(23)30)29(33)34-26-17-15-24(16-18-26)28-31-20-22(11-4-2)21-32-28/h13-21H,3-12H2,1-2H3. The minimum Gasteiger partial charge on any atom is -0.423 e. The molecule has 4 nitrogen and oxygen atoms in total. The summed E-state index contributed by atoms with van der Waals surface area (Å²) in [4.78, 5) is 21.5. The van der Waals surface area contributed by atoms with Crippen LogP contribution in [0.5, 0.6) is 5.75 Å². The Morgan fingerprint density at radius 1 is 0.824 bits per heavy atom. The van der Waals surface area contributed by atoms with E-state index in [2.05, 4.69) is 39.7 Å². The molecule has 0 spiro atoms. The molecule has 5 heteroatoms. The zero-order chi connectivity index (χ0) is 24.2. The summed E-state index contributed by atoms with van der Waals surface area (Å²) in [6.45, 7) is 4.38. The Hall–Kier alpha value is -2.53. The maximum Gasteiger partial charge on any atom is 0.343 e. The van der Waals surface area contributed by atoms with Crippen molar-refractivity contribution < 1.29 is 9.53 Å². The van der Waals surface area contributed by atoms with E-state index in [9.17, 15) is 4.79 Å². The topological polar surface area (TPSA) is 52.1 Å². The average Bonchev–Trinajstić information content (AvgIpc) is 2.85. The van der Waals surface area contributed by atoms with Crippen LogP contribution in [0.2, 0.25) is 0 Å². The van der Waals surface area contributed by atoms with Crippen molar-refractivity contribution in [2.24, 2.45) is 0 Å². The van der Waals surface area contributed by atoms with E-state index < -0.39 is 0 Å². The lowest BCUT2D eigenvalue weighted by Gasteiger charge is -2.09. The van der Waals surface area contributed by atoms with E-state index in [1.165, 1.54) is 50.5 Å². The minimum atomic E-state index is -0.365. The number of carbonyl (C=O) groups excluding carboxylic acids is 1. The number of esters is 1. The molecule has 3 rings (SSSR count). The molecular weight excluding hydrogens is 488 g/mol. The van der Waals surface area contributed by atoms with Crippen molar-refractivity contribution in [2.45, 2.75) is 78.1 Å². The highest BCUT2D eigenvalue weighted by molar-refractivity contribution is 9.10. The molecule has 0 amide bonds. The lowest BCUT2D eigenvalue weighted by molar-refractivity contribution is 0.0734. The maximum atomic E-state index is 12.6. The summed E-state index contributed by atoms with van der Waals surface area (Å²) in [6.07, 6.45) is 15.8. The largest absolute Gasteiger partial charge is 0.423 e. The monoisotopic (exact) mass is 522 g/mol. The van der Waals surface area contributed by atoms with Crippen LogP contribution in [0, 0.1) is 0 Å². The van der Waals surface area contributed by atoms with Crippen molar-refractivity contribution in [3.63, 3.8) is 0 Å². The van der Waals surface area contributed by atoms with Gasteiger partial charge in [-0.15, -0.1) is 0 Å². The van der Waals surface area contributed by atoms with Gasteiger partial charge in [0, 0.05) is 22.4 Å². The van der Waals surface area contributed by atoms with Gasteiger partial charge in [-0.25, -0.2) is 14.8 Å². The van der Waals surface area contributed by atoms with Crippen LogP contribution in [-0.4, -0.2) is 15.9 Å². The van der Waals surface area contributed by atoms with Gasteiger partial charge in [0.05, 0.1) is 5.56 Å². The molecule has 0 N–H and O–H groups in total. The molecule has 3 aromatic rings. The maximum absolute atomic E-state index is 12.6. The molecule has 0 aliphatic rings. The third-order valence-electron chi connectivity index (χ3n) is 5.91. The Balaban J connectivity index is 1.51. The van der Waals surface area contributed by atoms with Crippen molar-refractivity contribution >= 4 is 21.9 Å². The van der Waals surface area contributed by atoms with Crippen LogP contribution in [0.15, 0.2) is 59.3 Å². The Labute approximate surface area is 212 Å². The number of aryl methyl sites for hydroxylation is 2. The van der Waals surface area contributed by atoms with Crippen molar-refractivity contribution in [3.8, 4) is 17.1 Å². The molecule has 0 aliphatic heterocycles. The van der Waals surface area contributed by atoms with Gasteiger partial charge in [-0.3, -0.25) is 0 Å². The number of unbranched alkanes of at least 4 members (excludes halogenated alkanes) is 6. The molecule has 2 aromatic carbocycles. The zero-order valence-electron chi connectivity index (χ0n) is 20.4. The van der Waals surface area contributed by atoms with Gasteiger partial charge in [0.2, 0.25) is 0 Å². The fourth-order valence-corrected chi connectivity index (χ4v) is 4.49. The highest BCUT2D eigenvalue weighted by Gasteiger charge is 2.12. The summed E-state index contributed by atoms with van der Waals surface area (Å²) in [5.41, 5.74) is 3.80. The molecule has 0 aliphatic carbocycles. The van der Waals surface area contributed by atoms with E-state index >= 15 is 0 Å². The first-order chi connectivity index (χ1) is 16.6. The van der Waals surface area contributed by atoms with Gasteiger partial charge in [-0.2, -0.15) is 0 Å². The molecule has 34 heavy (non-hydrogen) atoms. The summed E-state index contributed by atoms with van der Waals surface area (Å²) in [5.74, 6) is 0.800. The van der Waals surface area contributed by atoms with E-state index in [0.29, 0.717) is 17.1 Å². The van der Waals surface area contributed by atoms with Crippen LogP contribution in [0.1, 0.15) is 86.7 Å². The zero-order valence-corrected chi connectivity index (χ0v) is 21.9. The molecular formula is C29H35BrN2O2. The molecule has 1 aromatic heterocycles. The van der Waals surface area contributed by atoms with Crippen LogP contribution < -0.4 is 4.74 Å². The Morgan fingerprint density at radius 3 is 2.15 bits per heavy atom. The number of rotatable bonds is 13. The molecule has 0 bridgehead atoms. The minimum absolute atomic E-state index is 0.365. The van der Waals surface area contributed by atoms with Gasteiger partial charge < -0.3 is 4.74 Å². The van der Waals surface area contributed by atoms with Gasteiger partial charge in [0.15, 0.2) is 5.82 Å². The van der Waals surface area contributed by atoms with E-state index in [4.69, 9.17) is 4.74 Å². The van der Waals surface area contributed by atoms with Crippen molar-refractivity contribution in [1.29, 1.82) is 0 Å². The number of carbonyl (C=O) groups is 1. The van der Waals surface area contributed by atoms with Crippen molar-refractivity contribution in [3.05, 3.63) is 76.0 Å². The number of ether oxygens (including phenoxy) is 1. The summed E-state index contributed by atoms with van der Waals surface area (Å²) >= 11 is 3.63. The number of hydrogen-bond acceptors (Lipinski definition) is 4. The first-order valence-electron chi connectivity index (χ1n) is 12.5. The highest BCUT2D eigenvalue weighted by Crippen LogP contribution is 2.24. The van der Waals surface area contributed by atoms with Crippen molar-refractivity contribution in [2.75, 3.05) is 0 Å². The number of nitrogens with zero attached hydrogens (tertiary/aromatic N) is 2. The predicted octanol–water partition coefficient (Wildman–Crippen LogP) is 8.37. The summed E-state index contributed by atoms with van der Waals surface area (Å²) in [6, 6.07) is 13.0. The molecule has 0 saturated heterocycles. The Bertz CT molecular complexity index is 1030. The smallest absolute Gasteiger partial charge is 0.343 e. The molecule has 180 valence electrons. The SMILES string of the molecule is CCCCCCCCCc1ccc(C(=O)Oc2ccc(-c3ncc(CCC)cn3)cc2)cc1Br. The highest BCUT2D eigenvalue weighted by atomic mass is 79.9. The van der Waals surface area contributed by atoms with Gasteiger partial charge >= 0.3 is 5.97 Å². The van der Waals surface area contributed by atoms with Crippen LogP contribution in [0.3, 0.4) is 0 Å². The first-order valence-corrected chi connectivity index (χ1v) is 13.3. The molecule has 0 saturated carbocycles. The quantitative estimate of drug-likeness (QED) is 0.128. The first kappa shape index (κ1) is 26.1. The molecule has 0 fully saturated rings. The third kappa shape index (κ3) is 8.05. The van der Waals surface area contributed by atoms with E-state index in [1.54, 1.807) is 12.1 Å². The second kappa shape index (κ2) is 14.0. The van der Waals surface area contributed by atoms with E-state index in [-0.39, 0.29) is 5.97 Å². The van der Waals surface area contributed by atoms with Crippen molar-refractivity contribution in [1.82, 2.24) is 9.97 Å².